The van der Waals surface area contributed by atoms with Gasteiger partial charge in [0.15, 0.2) is 0 Å². The van der Waals surface area contributed by atoms with Gasteiger partial charge >= 0.3 is 12.0 Å². The predicted molar refractivity (Wildman–Crippen MR) is 53.9 cm³/mol. The molecular weight excluding hydrogens is 188 g/mol. The number of carboxylic acids is 1. The molecule has 0 saturated heterocycles. The van der Waals surface area contributed by atoms with Gasteiger partial charge in [-0.2, -0.15) is 0 Å². The zero-order valence-electron chi connectivity index (χ0n) is 8.06. The third-order valence-corrected chi connectivity index (χ3v) is 0.526. The molecule has 0 unspecified atom stereocenters. The van der Waals surface area contributed by atoms with Crippen molar-refractivity contribution in [2.24, 2.45) is 5.73 Å². The maximum Gasteiger partial charge on any atom is 0.327 e. The summed E-state index contributed by atoms with van der Waals surface area (Å²) in [4.78, 5) is 19.0. The molecule has 82 valence electrons. The van der Waals surface area contributed by atoms with E-state index in [-0.39, 0.29) is 0 Å². The first-order valence-corrected chi connectivity index (χ1v) is 3.59. The molecule has 0 radical (unpaired) electrons. The van der Waals surface area contributed by atoms with E-state index in [1.165, 1.54) is 0 Å². The Balaban J connectivity index is -0.000000138. The number of primary amides is 1. The lowest BCUT2D eigenvalue weighted by atomic mass is 10.7. The number of aliphatic hydroxyl groups excluding tert-OH is 1. The summed E-state index contributed by atoms with van der Waals surface area (Å²) in [5, 5.41) is 17.3. The van der Waals surface area contributed by atoms with E-state index < -0.39 is 12.0 Å². The van der Waals surface area contributed by atoms with E-state index in [9.17, 15) is 9.59 Å². The quantitative estimate of drug-likeness (QED) is 0.390. The van der Waals surface area contributed by atoms with Crippen LogP contribution < -0.4 is 11.1 Å². The van der Waals surface area contributed by atoms with Crippen LogP contribution in [0, 0.1) is 0 Å². The third-order valence-electron chi connectivity index (χ3n) is 0.526. The fourth-order valence-electron chi connectivity index (χ4n) is 0.174. The smallest absolute Gasteiger partial charge is 0.327 e. The van der Waals surface area contributed by atoms with Crippen LogP contribution in [0.25, 0.3) is 0 Å². The van der Waals surface area contributed by atoms with Gasteiger partial charge in [-0.05, 0) is 6.92 Å². The van der Waals surface area contributed by atoms with Crippen molar-refractivity contribution in [3.8, 4) is 0 Å². The van der Waals surface area contributed by atoms with Gasteiger partial charge in [0.1, 0.15) is 0 Å². The molecule has 0 aromatic rings. The Morgan fingerprint density at radius 3 is 1.79 bits per heavy atom. The molecule has 0 spiro atoms. The summed E-state index contributed by atoms with van der Waals surface area (Å²) >= 11 is 0. The van der Waals surface area contributed by atoms with E-state index in [0.717, 1.165) is 12.3 Å². The van der Waals surface area contributed by atoms with Crippen LogP contribution in [-0.4, -0.2) is 28.8 Å². The Bertz CT molecular complexity index is 180. The molecule has 2 amide bonds. The molecule has 0 saturated carbocycles. The summed E-state index contributed by atoms with van der Waals surface area (Å²) in [6, 6.07) is -0.461. The monoisotopic (exact) mass is 204 g/mol. The molecule has 0 rings (SSSR count). The molecule has 0 fully saturated rings. The number of aliphatic carboxylic acids is 1. The fraction of sp³-hybridized carbons (Fsp3) is 0.250. The third kappa shape index (κ3) is 89.4. The highest BCUT2D eigenvalue weighted by molar-refractivity contribution is 5.78. The van der Waals surface area contributed by atoms with Crippen LogP contribution in [0.3, 0.4) is 0 Å². The first-order valence-electron chi connectivity index (χ1n) is 3.59. The van der Waals surface area contributed by atoms with Crippen molar-refractivity contribution in [1.29, 1.82) is 0 Å². The maximum absolute atomic E-state index is 9.71. The molecule has 0 heterocycles. The lowest BCUT2D eigenvalue weighted by Gasteiger charge is -1.88. The molecular formula is C8H16N2O4. The number of urea groups is 1. The second kappa shape index (κ2) is 17.2. The Kier molecular flexibility index (Phi) is 22.0. The number of aliphatic hydroxyl groups is 1. The van der Waals surface area contributed by atoms with Gasteiger partial charge in [0, 0.05) is 12.6 Å². The summed E-state index contributed by atoms with van der Waals surface area (Å²) < 4.78 is 0. The number of carbonyl (C=O) groups excluding carboxylic acids is 1. The van der Waals surface area contributed by atoms with E-state index in [1.807, 2.05) is 6.92 Å². The van der Waals surface area contributed by atoms with Crippen molar-refractivity contribution in [1.82, 2.24) is 5.32 Å². The van der Waals surface area contributed by atoms with Gasteiger partial charge in [0.25, 0.3) is 0 Å². The molecule has 6 nitrogen and oxygen atoms in total. The molecule has 0 aliphatic carbocycles. The van der Waals surface area contributed by atoms with Crippen LogP contribution in [0.4, 0.5) is 4.79 Å². The summed E-state index contributed by atoms with van der Waals surface area (Å²) in [6.07, 6.45) is 1.58. The topological polar surface area (TPSA) is 113 Å². The number of hydrogen-bond acceptors (Lipinski definition) is 3. The average molecular weight is 204 g/mol. The van der Waals surface area contributed by atoms with Gasteiger partial charge in [-0.15, -0.1) is 0 Å². The zero-order valence-corrected chi connectivity index (χ0v) is 8.06. The van der Waals surface area contributed by atoms with Gasteiger partial charge in [-0.25, -0.2) is 9.59 Å². The van der Waals surface area contributed by atoms with Crippen molar-refractivity contribution in [2.45, 2.75) is 6.92 Å². The number of hydrogen-bond donors (Lipinski definition) is 4. The number of nitrogens with one attached hydrogen (secondary N) is 1. The van der Waals surface area contributed by atoms with Gasteiger partial charge in [0.2, 0.25) is 0 Å². The number of rotatable bonds is 2. The molecule has 0 aromatic carbocycles. The summed E-state index contributed by atoms with van der Waals surface area (Å²) in [5.41, 5.74) is 4.65. The summed E-state index contributed by atoms with van der Waals surface area (Å²) in [7, 11) is 0. The highest BCUT2D eigenvalue weighted by atomic mass is 16.4. The summed E-state index contributed by atoms with van der Waals surface area (Å²) in [6.45, 7) is 8.29. The maximum atomic E-state index is 9.71. The van der Waals surface area contributed by atoms with Crippen molar-refractivity contribution in [3.63, 3.8) is 0 Å². The van der Waals surface area contributed by atoms with Crippen molar-refractivity contribution >= 4 is 12.0 Å². The summed E-state index contributed by atoms with van der Waals surface area (Å²) in [5.74, 6) is -0.981. The number of amides is 2. The molecule has 0 aliphatic rings. The molecule has 6 heteroatoms. The molecule has 5 N–H and O–H groups in total. The number of nitrogens with two attached hydrogens (primary N) is 1. The second-order valence-corrected chi connectivity index (χ2v) is 1.62. The molecule has 0 bridgehead atoms. The van der Waals surface area contributed by atoms with Crippen LogP contribution in [-0.2, 0) is 4.79 Å². The fourth-order valence-corrected chi connectivity index (χ4v) is 0.174. The van der Waals surface area contributed by atoms with Crippen LogP contribution in [0.5, 0.6) is 0 Å². The average Bonchev–Trinajstić information content (AvgIpc) is 2.06. The first kappa shape index (κ1) is 17.9. The number of carboxylic acid groups (broad SMARTS) is 1. The lowest BCUT2D eigenvalue weighted by molar-refractivity contribution is -0.131. The minimum absolute atomic E-state index is 0.461. The van der Waals surface area contributed by atoms with E-state index in [1.54, 1.807) is 0 Å². The minimum atomic E-state index is -0.981. The van der Waals surface area contributed by atoms with Crippen LogP contribution in [0.1, 0.15) is 6.92 Å². The highest BCUT2D eigenvalue weighted by Crippen LogP contribution is 1.54. The van der Waals surface area contributed by atoms with Crippen molar-refractivity contribution < 1.29 is 19.8 Å². The molecule has 0 aliphatic heterocycles. The van der Waals surface area contributed by atoms with Gasteiger partial charge in [-0.3, -0.25) is 0 Å². The zero-order chi connectivity index (χ0) is 12.0. The van der Waals surface area contributed by atoms with Crippen molar-refractivity contribution in [2.75, 3.05) is 6.54 Å². The molecule has 14 heavy (non-hydrogen) atoms. The van der Waals surface area contributed by atoms with Crippen LogP contribution >= 0.6 is 0 Å². The van der Waals surface area contributed by atoms with Crippen LogP contribution in [0.15, 0.2) is 25.5 Å². The SMILES string of the molecule is C=CC(=O)O.C=CO.CCNC(N)=O. The highest BCUT2D eigenvalue weighted by Gasteiger charge is 1.79. The Morgan fingerprint density at radius 1 is 1.50 bits per heavy atom. The Morgan fingerprint density at radius 2 is 1.79 bits per heavy atom. The largest absolute Gasteiger partial charge is 0.516 e. The lowest BCUT2D eigenvalue weighted by Crippen LogP contribution is -2.28. The van der Waals surface area contributed by atoms with E-state index >= 15 is 0 Å². The molecule has 0 aromatic heterocycles. The van der Waals surface area contributed by atoms with Gasteiger partial charge < -0.3 is 21.3 Å². The van der Waals surface area contributed by atoms with E-state index in [2.05, 4.69) is 24.2 Å². The van der Waals surface area contributed by atoms with E-state index in [4.69, 9.17) is 10.2 Å². The normalized spacial score (nSPS) is 6.36. The minimum Gasteiger partial charge on any atom is -0.516 e. The number of carbonyl (C=O) groups is 2. The Hall–Kier alpha value is -1.98. The molecule has 0 atom stereocenters. The van der Waals surface area contributed by atoms with Gasteiger partial charge in [0.05, 0.1) is 6.26 Å². The Labute approximate surface area is 82.7 Å². The first-order chi connectivity index (χ1) is 6.45. The standard InChI is InChI=1S/C3H8N2O.C3H4O2.C2H4O/c1-2-5-3(4)6;1-2-3(4)5;1-2-3/h2H2,1H3,(H3,4,5,6);2H,1H2,(H,4,5);2-3H,1H2. The second-order valence-electron chi connectivity index (χ2n) is 1.62. The van der Waals surface area contributed by atoms with Crippen LogP contribution in [0.2, 0.25) is 0 Å². The van der Waals surface area contributed by atoms with Gasteiger partial charge in [-0.1, -0.05) is 13.2 Å². The predicted octanol–water partition coefficient (Wildman–Crippen LogP) is 0.620. The van der Waals surface area contributed by atoms with E-state index in [0.29, 0.717) is 6.54 Å². The van der Waals surface area contributed by atoms with Crippen molar-refractivity contribution in [3.05, 3.63) is 25.5 Å².